The number of anilines is 1. The summed E-state index contributed by atoms with van der Waals surface area (Å²) >= 11 is 0. The smallest absolute Gasteiger partial charge is 0.262 e. The molecule has 3 atom stereocenters. The molecule has 13 heteroatoms. The number of imide groups is 2. The van der Waals surface area contributed by atoms with Crippen molar-refractivity contribution in [2.75, 3.05) is 50.8 Å². The molecule has 4 heterocycles. The Morgan fingerprint density at radius 2 is 1.32 bits per heavy atom. The van der Waals surface area contributed by atoms with Gasteiger partial charge in [-0.1, -0.05) is 43.3 Å². The van der Waals surface area contributed by atoms with Gasteiger partial charge in [0.05, 0.1) is 16.8 Å². The van der Waals surface area contributed by atoms with Crippen molar-refractivity contribution in [1.29, 1.82) is 0 Å². The fraction of sp³-hybridized carbons (Fsp3) is 0.388. The minimum atomic E-state index is -1.10. The van der Waals surface area contributed by atoms with Crippen LogP contribution in [0.5, 0.6) is 17.2 Å². The molecule has 4 aromatic rings. The number of rotatable bonds is 12. The van der Waals surface area contributed by atoms with Gasteiger partial charge < -0.3 is 19.8 Å². The van der Waals surface area contributed by atoms with Gasteiger partial charge in [-0.15, -0.1) is 0 Å². The highest BCUT2D eigenvalue weighted by Crippen LogP contribution is 2.38. The first-order valence-corrected chi connectivity index (χ1v) is 21.7. The van der Waals surface area contributed by atoms with Crippen molar-refractivity contribution in [3.8, 4) is 17.2 Å². The predicted molar refractivity (Wildman–Crippen MR) is 234 cm³/mol. The minimum absolute atomic E-state index is 0.0171. The van der Waals surface area contributed by atoms with E-state index in [-0.39, 0.29) is 53.2 Å². The molecule has 0 aromatic heterocycles. The SMILES string of the molecule is CCC(=C(c1ccc(O)cc1)c1ccc(OCCN2CCC(CN3CC(C)N(c4cc5c(cc4F)C(=O)N(C4CCC(=O)NC4=O)C5=O)C(C)C3)CC2)cc1)c1ccc(O)cc1. The lowest BCUT2D eigenvalue weighted by Gasteiger charge is -2.47. The number of piperidine rings is 2. The van der Waals surface area contributed by atoms with Gasteiger partial charge >= 0.3 is 0 Å². The standard InChI is InChI=1S/C49H54FN5O7/c1-4-39(33-5-11-36(56)12-6-33)46(34-7-13-37(57)14-8-34)35-9-15-38(16-10-35)62-24-23-52-21-19-32(20-22-52)29-53-27-30(2)54(31(3)28-53)44-26-41-40(25-42(44)50)48(60)55(49(41)61)43-17-18-45(58)51-47(43)59/h5-16,25-26,30-32,43,56-57H,4,17-24,27-29H2,1-3H3,(H,51,58,59). The lowest BCUT2D eigenvalue weighted by atomic mass is 9.88. The highest BCUT2D eigenvalue weighted by molar-refractivity contribution is 6.23. The van der Waals surface area contributed by atoms with Crippen LogP contribution in [0.25, 0.3) is 11.1 Å². The number of hydrogen-bond acceptors (Lipinski definition) is 10. The number of hydrogen-bond donors (Lipinski definition) is 3. The number of benzene rings is 4. The van der Waals surface area contributed by atoms with E-state index in [2.05, 4.69) is 48.0 Å². The zero-order chi connectivity index (χ0) is 43.7. The van der Waals surface area contributed by atoms with Crippen molar-refractivity contribution in [3.63, 3.8) is 0 Å². The number of likely N-dealkylation sites (tertiary alicyclic amines) is 1. The summed E-state index contributed by atoms with van der Waals surface area (Å²) in [5, 5.41) is 22.1. The third-order valence-corrected chi connectivity index (χ3v) is 12.8. The molecule has 12 nitrogen and oxygen atoms in total. The molecule has 4 amide bonds. The van der Waals surface area contributed by atoms with Crippen LogP contribution < -0.4 is 15.0 Å². The molecule has 62 heavy (non-hydrogen) atoms. The van der Waals surface area contributed by atoms with E-state index in [4.69, 9.17) is 4.74 Å². The minimum Gasteiger partial charge on any atom is -0.508 e. The molecular formula is C49H54FN5O7. The van der Waals surface area contributed by atoms with E-state index in [1.165, 1.54) is 6.07 Å². The van der Waals surface area contributed by atoms with Crippen LogP contribution in [0.1, 0.15) is 90.3 Å². The second-order valence-electron chi connectivity index (χ2n) is 17.1. The van der Waals surface area contributed by atoms with Crippen LogP contribution in [0.3, 0.4) is 0 Å². The average Bonchev–Trinajstić information content (AvgIpc) is 3.48. The van der Waals surface area contributed by atoms with Crippen molar-refractivity contribution >= 4 is 40.5 Å². The normalized spacial score (nSPS) is 21.8. The van der Waals surface area contributed by atoms with Crippen LogP contribution in [0.15, 0.2) is 84.9 Å². The number of nitrogens with one attached hydrogen (secondary N) is 1. The number of amides is 4. The van der Waals surface area contributed by atoms with Gasteiger partial charge in [0, 0.05) is 44.7 Å². The number of aromatic hydroxyl groups is 2. The number of carbonyl (C=O) groups is 4. The number of piperazine rings is 1. The molecule has 4 aliphatic heterocycles. The predicted octanol–water partition coefficient (Wildman–Crippen LogP) is 6.70. The largest absolute Gasteiger partial charge is 0.508 e. The summed E-state index contributed by atoms with van der Waals surface area (Å²) in [6.07, 6.45) is 2.98. The molecule has 4 aliphatic rings. The zero-order valence-corrected chi connectivity index (χ0v) is 35.5. The van der Waals surface area contributed by atoms with Crippen LogP contribution in [0.2, 0.25) is 0 Å². The summed E-state index contributed by atoms with van der Waals surface area (Å²) < 4.78 is 22.0. The van der Waals surface area contributed by atoms with E-state index >= 15 is 4.39 Å². The molecule has 324 valence electrons. The van der Waals surface area contributed by atoms with Gasteiger partial charge in [-0.3, -0.25) is 39.2 Å². The molecule has 8 rings (SSSR count). The van der Waals surface area contributed by atoms with Gasteiger partial charge in [-0.2, -0.15) is 0 Å². The second-order valence-corrected chi connectivity index (χ2v) is 17.1. The van der Waals surface area contributed by atoms with Crippen molar-refractivity contribution in [2.45, 2.75) is 71.0 Å². The number of phenolic OH excluding ortho intramolecular Hbond substituents is 2. The maximum atomic E-state index is 15.8. The number of halogens is 1. The van der Waals surface area contributed by atoms with Crippen LogP contribution in [0.4, 0.5) is 10.1 Å². The molecule has 4 aromatic carbocycles. The van der Waals surface area contributed by atoms with E-state index in [1.54, 1.807) is 24.3 Å². The Bertz CT molecular complexity index is 2350. The third-order valence-electron chi connectivity index (χ3n) is 12.8. The summed E-state index contributed by atoms with van der Waals surface area (Å²) in [6, 6.07) is 24.0. The van der Waals surface area contributed by atoms with Gasteiger partial charge in [0.1, 0.15) is 35.7 Å². The molecule has 0 saturated carbocycles. The van der Waals surface area contributed by atoms with Gasteiger partial charge in [0.15, 0.2) is 0 Å². The Morgan fingerprint density at radius 3 is 1.90 bits per heavy atom. The Morgan fingerprint density at radius 1 is 0.758 bits per heavy atom. The summed E-state index contributed by atoms with van der Waals surface area (Å²) in [7, 11) is 0. The van der Waals surface area contributed by atoms with Crippen molar-refractivity contribution in [1.82, 2.24) is 20.0 Å². The zero-order valence-electron chi connectivity index (χ0n) is 35.5. The van der Waals surface area contributed by atoms with Gasteiger partial charge in [0.2, 0.25) is 11.8 Å². The van der Waals surface area contributed by atoms with Gasteiger partial charge in [0.25, 0.3) is 11.8 Å². The van der Waals surface area contributed by atoms with Crippen molar-refractivity contribution in [3.05, 3.63) is 119 Å². The van der Waals surface area contributed by atoms with Crippen molar-refractivity contribution in [2.24, 2.45) is 5.92 Å². The van der Waals surface area contributed by atoms with Crippen LogP contribution in [0, 0.1) is 11.7 Å². The molecule has 3 saturated heterocycles. The fourth-order valence-corrected chi connectivity index (χ4v) is 9.83. The number of carbonyl (C=O) groups excluding carboxylic acids is 4. The molecule has 3 N–H and O–H groups in total. The lowest BCUT2D eigenvalue weighted by molar-refractivity contribution is -0.136. The van der Waals surface area contributed by atoms with E-state index in [0.29, 0.717) is 12.5 Å². The van der Waals surface area contributed by atoms with E-state index < -0.39 is 35.5 Å². The highest BCUT2D eigenvalue weighted by Gasteiger charge is 2.46. The number of phenols is 2. The molecule has 0 aliphatic carbocycles. The summed E-state index contributed by atoms with van der Waals surface area (Å²) in [5.74, 6) is -1.33. The van der Waals surface area contributed by atoms with E-state index in [0.717, 1.165) is 103 Å². The first kappa shape index (κ1) is 42.6. The molecule has 3 fully saturated rings. The molecule has 3 unspecified atom stereocenters. The van der Waals surface area contributed by atoms with Crippen LogP contribution >= 0.6 is 0 Å². The third kappa shape index (κ3) is 8.82. The maximum Gasteiger partial charge on any atom is 0.262 e. The Labute approximate surface area is 361 Å². The van der Waals surface area contributed by atoms with Crippen LogP contribution in [-0.2, 0) is 9.59 Å². The average molecular weight is 844 g/mol. The summed E-state index contributed by atoms with van der Waals surface area (Å²) in [5.41, 5.74) is 5.52. The van der Waals surface area contributed by atoms with Gasteiger partial charge in [-0.25, -0.2) is 4.39 Å². The number of allylic oxidation sites excluding steroid dienone is 1. The Kier molecular flexibility index (Phi) is 12.5. The van der Waals surface area contributed by atoms with Crippen molar-refractivity contribution < 1.29 is 38.5 Å². The second kappa shape index (κ2) is 18.1. The van der Waals surface area contributed by atoms with Gasteiger partial charge in [-0.05, 0) is 135 Å². The summed E-state index contributed by atoms with van der Waals surface area (Å²) in [6.45, 7) is 12.0. The number of ether oxygens (including phenoxy) is 1. The maximum absolute atomic E-state index is 15.8. The van der Waals surface area contributed by atoms with E-state index in [1.807, 2.05) is 41.3 Å². The fourth-order valence-electron chi connectivity index (χ4n) is 9.83. The van der Waals surface area contributed by atoms with E-state index in [9.17, 15) is 29.4 Å². The quantitative estimate of drug-likeness (QED) is 0.104. The summed E-state index contributed by atoms with van der Waals surface area (Å²) in [4.78, 5) is 58.7. The molecule has 0 spiro atoms. The highest BCUT2D eigenvalue weighted by atomic mass is 19.1. The molecule has 0 radical (unpaired) electrons. The Hall–Kier alpha value is -6.05. The molecule has 0 bridgehead atoms. The topological polar surface area (TPSA) is 143 Å². The monoisotopic (exact) mass is 843 g/mol. The molecular weight excluding hydrogens is 790 g/mol. The Balaban J connectivity index is 0.827. The van der Waals surface area contributed by atoms with Crippen LogP contribution in [-0.4, -0.2) is 113 Å². The first-order chi connectivity index (χ1) is 29.9. The number of fused-ring (bicyclic) bond motifs is 1. The first-order valence-electron chi connectivity index (χ1n) is 21.7. The lowest BCUT2D eigenvalue weighted by Crippen LogP contribution is -2.58. The number of nitrogens with zero attached hydrogens (tertiary/aromatic N) is 4.